The molecule has 2 aliphatic rings. The Hall–Kier alpha value is -8.57. The summed E-state index contributed by atoms with van der Waals surface area (Å²) in [6.07, 6.45) is 3.86. The van der Waals surface area contributed by atoms with Crippen molar-refractivity contribution in [2.75, 3.05) is 5.73 Å². The predicted octanol–water partition coefficient (Wildman–Crippen LogP) is 9.16. The molecular formula is C52H35N5O13S3. The van der Waals surface area contributed by atoms with Crippen LogP contribution in [0.25, 0.3) is 44.8 Å². The number of hydrogen-bond donors (Lipinski definition) is 4. The number of hydrogen-bond acceptors (Lipinski definition) is 13. The van der Waals surface area contributed by atoms with E-state index < -0.39 is 74.4 Å². The van der Waals surface area contributed by atoms with Gasteiger partial charge in [0.1, 0.15) is 4.90 Å². The van der Waals surface area contributed by atoms with Crippen LogP contribution in [0.3, 0.4) is 0 Å². The first-order valence-corrected chi connectivity index (χ1v) is 26.0. The summed E-state index contributed by atoms with van der Waals surface area (Å²) in [5.41, 5.74) is 10.7. The molecule has 5 N–H and O–H groups in total. The highest BCUT2D eigenvalue weighted by molar-refractivity contribution is 7.86. The molecule has 21 heteroatoms. The number of nitrogens with two attached hydrogens (primary N) is 1. The molecule has 73 heavy (non-hydrogen) atoms. The minimum atomic E-state index is -5.02. The minimum absolute atomic E-state index is 0.0141. The summed E-state index contributed by atoms with van der Waals surface area (Å²) in [5, 5.41) is 8.82. The van der Waals surface area contributed by atoms with Gasteiger partial charge in [0, 0.05) is 21.7 Å². The molecule has 0 fully saturated rings. The number of nitrogen functional groups attached to an aromatic ring is 1. The molecule has 2 heterocycles. The van der Waals surface area contributed by atoms with Gasteiger partial charge in [0.25, 0.3) is 54.0 Å². The topological polar surface area (TPSA) is 289 Å². The molecule has 0 aromatic heterocycles. The number of azo groups is 1. The molecule has 0 bridgehead atoms. The second-order valence-electron chi connectivity index (χ2n) is 17.0. The molecule has 0 radical (unpaired) electrons. The lowest BCUT2D eigenvalue weighted by Gasteiger charge is -2.28. The third-order valence-electron chi connectivity index (χ3n) is 12.4. The molecule has 0 unspecified atom stereocenters. The molecule has 8 aromatic carbocycles. The summed E-state index contributed by atoms with van der Waals surface area (Å²) in [7, 11) is -14.6. The Morgan fingerprint density at radius 1 is 0.466 bits per heavy atom. The number of benzene rings is 8. The first kappa shape index (κ1) is 48.1. The van der Waals surface area contributed by atoms with E-state index in [0.717, 1.165) is 56.3 Å². The van der Waals surface area contributed by atoms with E-state index in [0.29, 0.717) is 33.3 Å². The molecule has 2 aliphatic heterocycles. The van der Waals surface area contributed by atoms with E-state index in [-0.39, 0.29) is 46.1 Å². The second-order valence-corrected chi connectivity index (χ2v) is 21.3. The van der Waals surface area contributed by atoms with Gasteiger partial charge in [0.15, 0.2) is 0 Å². The van der Waals surface area contributed by atoms with E-state index in [9.17, 15) is 58.1 Å². The first-order chi connectivity index (χ1) is 34.6. The Labute approximate surface area is 415 Å². The number of nitrogens with zero attached hydrogens (tertiary/aromatic N) is 4. The van der Waals surface area contributed by atoms with Crippen molar-refractivity contribution < 1.29 is 58.1 Å². The van der Waals surface area contributed by atoms with Gasteiger partial charge in [0.2, 0.25) is 0 Å². The first-order valence-electron chi connectivity index (χ1n) is 21.7. The highest BCUT2D eigenvalue weighted by Gasteiger charge is 2.37. The normalized spacial score (nSPS) is 14.1. The lowest BCUT2D eigenvalue weighted by Crippen LogP contribution is -2.40. The number of amides is 4. The van der Waals surface area contributed by atoms with E-state index in [1.165, 1.54) is 6.07 Å². The second kappa shape index (κ2) is 17.9. The van der Waals surface area contributed by atoms with E-state index in [1.807, 2.05) is 60.7 Å². The number of rotatable bonds is 12. The van der Waals surface area contributed by atoms with Crippen molar-refractivity contribution in [2.24, 2.45) is 10.2 Å². The molecule has 0 spiro atoms. The fourth-order valence-electron chi connectivity index (χ4n) is 8.76. The fraction of sp³-hybridized carbons (Fsp3) is 0.0385. The van der Waals surface area contributed by atoms with Crippen LogP contribution in [0.1, 0.15) is 63.7 Å². The van der Waals surface area contributed by atoms with Crippen molar-refractivity contribution in [1.29, 1.82) is 0 Å². The molecule has 0 saturated heterocycles. The Morgan fingerprint density at radius 2 is 0.890 bits per heavy atom. The molecule has 0 saturated carbocycles. The van der Waals surface area contributed by atoms with Crippen LogP contribution in [0.15, 0.2) is 171 Å². The highest BCUT2D eigenvalue weighted by Crippen LogP contribution is 2.40. The summed E-state index contributed by atoms with van der Waals surface area (Å²) in [4.78, 5) is 54.1. The molecule has 0 aliphatic carbocycles. The number of anilines is 1. The van der Waals surface area contributed by atoms with Crippen LogP contribution in [0.2, 0.25) is 0 Å². The van der Waals surface area contributed by atoms with Crippen LogP contribution in [-0.4, -0.2) is 72.3 Å². The van der Waals surface area contributed by atoms with Crippen molar-refractivity contribution in [3.05, 3.63) is 190 Å². The lowest BCUT2D eigenvalue weighted by molar-refractivity contribution is 0.0583. The molecule has 8 aromatic rings. The zero-order valence-electron chi connectivity index (χ0n) is 37.4. The molecule has 10 rings (SSSR count). The standard InChI is InChI=1S/C52H35N5O13S3/c53-48-41-23-39(72(65,66)67)25-43-47(41)44(26-45(48)73(68,69)70)52(61)57(51(43)60)28-32-12-18-36(19-13-32)54-55-37-20-16-34(17-21-37)33-14-10-30(11-15-33)5-4-29-6-8-31(9-7-29)27-56-49(58)40-3-1-2-35-22-38(71(62,63)64)24-42(46(35)40)50(56)59/h1-26H,27-28,53H2,(H,62,63,64)(H,65,66,67)(H,68,69,70)/b5-4+,55-54?. The van der Waals surface area contributed by atoms with Gasteiger partial charge >= 0.3 is 0 Å². The lowest BCUT2D eigenvalue weighted by atomic mass is 9.92. The minimum Gasteiger partial charge on any atom is -0.397 e. The van der Waals surface area contributed by atoms with Gasteiger partial charge in [-0.25, -0.2) is 0 Å². The van der Waals surface area contributed by atoms with Crippen LogP contribution >= 0.6 is 0 Å². The van der Waals surface area contributed by atoms with Gasteiger partial charge in [-0.05, 0) is 99.4 Å². The van der Waals surface area contributed by atoms with Crippen molar-refractivity contribution >= 4 is 105 Å². The molecule has 0 atom stereocenters. The van der Waals surface area contributed by atoms with Crippen molar-refractivity contribution in [2.45, 2.75) is 27.8 Å². The van der Waals surface area contributed by atoms with E-state index >= 15 is 0 Å². The third kappa shape index (κ3) is 9.19. The van der Waals surface area contributed by atoms with E-state index in [1.54, 1.807) is 66.7 Å². The van der Waals surface area contributed by atoms with Gasteiger partial charge in [0.05, 0.1) is 56.6 Å². The maximum atomic E-state index is 13.7. The summed E-state index contributed by atoms with van der Waals surface area (Å²) in [5.74, 6) is -3.04. The highest BCUT2D eigenvalue weighted by atomic mass is 32.2. The quantitative estimate of drug-likeness (QED) is 0.0292. The number of imide groups is 2. The number of carbonyl (C=O) groups is 4. The van der Waals surface area contributed by atoms with Crippen LogP contribution < -0.4 is 5.73 Å². The summed E-state index contributed by atoms with van der Waals surface area (Å²) in [6.45, 7) is -0.384. The summed E-state index contributed by atoms with van der Waals surface area (Å²) < 4.78 is 102. The maximum Gasteiger partial charge on any atom is 0.296 e. The summed E-state index contributed by atoms with van der Waals surface area (Å²) >= 11 is 0. The monoisotopic (exact) mass is 1030 g/mol. The molecule has 18 nitrogen and oxygen atoms in total. The molecule has 364 valence electrons. The zero-order valence-corrected chi connectivity index (χ0v) is 39.9. The van der Waals surface area contributed by atoms with Gasteiger partial charge in [-0.2, -0.15) is 35.5 Å². The Kier molecular flexibility index (Phi) is 11.8. The van der Waals surface area contributed by atoms with Crippen LogP contribution in [0.5, 0.6) is 0 Å². The zero-order chi connectivity index (χ0) is 51.7. The Balaban J connectivity index is 0.765. The third-order valence-corrected chi connectivity index (χ3v) is 15.0. The largest absolute Gasteiger partial charge is 0.397 e. The number of carbonyl (C=O) groups excluding carboxylic acids is 4. The van der Waals surface area contributed by atoms with E-state index in [4.69, 9.17) is 5.73 Å². The summed E-state index contributed by atoms with van der Waals surface area (Å²) in [6, 6.07) is 38.4. The average molecular weight is 1030 g/mol. The molecule has 4 amide bonds. The average Bonchev–Trinajstić information content (AvgIpc) is 3.36. The van der Waals surface area contributed by atoms with Crippen LogP contribution in [-0.2, 0) is 43.4 Å². The van der Waals surface area contributed by atoms with Crippen molar-refractivity contribution in [1.82, 2.24) is 9.80 Å². The van der Waals surface area contributed by atoms with E-state index in [2.05, 4.69) is 10.2 Å². The predicted molar refractivity (Wildman–Crippen MR) is 268 cm³/mol. The van der Waals surface area contributed by atoms with Gasteiger partial charge in [-0.15, -0.1) is 0 Å². The van der Waals surface area contributed by atoms with Gasteiger partial charge < -0.3 is 5.73 Å². The Bertz CT molecular complexity index is 4100. The Morgan fingerprint density at radius 3 is 1.40 bits per heavy atom. The van der Waals surface area contributed by atoms with Crippen molar-refractivity contribution in [3.8, 4) is 11.1 Å². The van der Waals surface area contributed by atoms with Crippen molar-refractivity contribution in [3.63, 3.8) is 0 Å². The maximum absolute atomic E-state index is 13.7. The smallest absolute Gasteiger partial charge is 0.296 e. The van der Waals surface area contributed by atoms with Gasteiger partial charge in [-0.3, -0.25) is 42.6 Å². The van der Waals surface area contributed by atoms with Crippen LogP contribution in [0.4, 0.5) is 17.1 Å². The van der Waals surface area contributed by atoms with Gasteiger partial charge in [-0.1, -0.05) is 97.1 Å². The SMILES string of the molecule is Nc1c(S(=O)(=O)O)cc2c3c(cc(S(=O)(=O)O)cc13)C(=O)N(Cc1ccc(N=Nc3ccc(-c4ccc(/C=C/c5ccc(CN6C(=O)c7cccc8cc(S(=O)(=O)O)cc(c78)C6=O)cc5)cc4)cc3)cc1)C2=O. The fourth-order valence-corrected chi connectivity index (χ4v) is 10.5. The molecular weight excluding hydrogens is 999 g/mol. The van der Waals surface area contributed by atoms with Crippen LogP contribution in [0, 0.1) is 0 Å².